The van der Waals surface area contributed by atoms with E-state index in [0.717, 1.165) is 12.1 Å². The molecule has 0 radical (unpaired) electrons. The fraction of sp³-hybridized carbons (Fsp3) is 0.250. The Labute approximate surface area is 148 Å². The van der Waals surface area contributed by atoms with Crippen LogP contribution < -0.4 is 20.9 Å². The van der Waals surface area contributed by atoms with Gasteiger partial charge in [-0.05, 0) is 26.0 Å². The smallest absolute Gasteiger partial charge is 0.279 e. The van der Waals surface area contributed by atoms with Crippen molar-refractivity contribution in [2.45, 2.75) is 13.8 Å². The zero-order valence-electron chi connectivity index (χ0n) is 14.2. The maximum Gasteiger partial charge on any atom is 0.279 e. The molecule has 0 fully saturated rings. The molecule has 0 spiro atoms. The molecule has 10 nitrogen and oxygen atoms in total. The topological polar surface area (TPSA) is 157 Å². The van der Waals surface area contributed by atoms with Crippen LogP contribution in [0.2, 0.25) is 0 Å². The van der Waals surface area contributed by atoms with Gasteiger partial charge in [0.15, 0.2) is 0 Å². The summed E-state index contributed by atoms with van der Waals surface area (Å²) in [5.41, 5.74) is 10.9. The molecule has 4 N–H and O–H groups in total. The van der Waals surface area contributed by atoms with Crippen LogP contribution in [-0.4, -0.2) is 23.1 Å². The van der Waals surface area contributed by atoms with Crippen molar-refractivity contribution < 1.29 is 19.3 Å². The lowest BCUT2D eigenvalue weighted by Gasteiger charge is -2.13. The summed E-state index contributed by atoms with van der Waals surface area (Å²) >= 11 is 0. The second-order valence-electron chi connectivity index (χ2n) is 5.19. The molecule has 0 saturated carbocycles. The fourth-order valence-corrected chi connectivity index (χ4v) is 2.46. The number of nitrogens with two attached hydrogens (primary N) is 2. The molecule has 2 rings (SSSR count). The first-order valence-corrected chi connectivity index (χ1v) is 7.71. The van der Waals surface area contributed by atoms with Gasteiger partial charge in [-0.15, -0.1) is 0 Å². The minimum Gasteiger partial charge on any atom is -0.492 e. The van der Waals surface area contributed by atoms with Gasteiger partial charge >= 0.3 is 0 Å². The van der Waals surface area contributed by atoms with Crippen LogP contribution in [0.25, 0.3) is 11.1 Å². The Bertz CT molecular complexity index is 797. The van der Waals surface area contributed by atoms with E-state index in [1.807, 2.05) is 0 Å². The standard InChI is InChI=1S/C16H18N4O6/c1-3-25-15-5-9(13(19(21)22)7-11(15)17)10-6-16(26-4-2)12(18)8-14(10)20(23)24/h5-8H,3-4,17-18H2,1-2H3. The number of nitrogen functional groups attached to an aromatic ring is 2. The van der Waals surface area contributed by atoms with Crippen molar-refractivity contribution in [2.24, 2.45) is 0 Å². The third-order valence-corrected chi connectivity index (χ3v) is 3.54. The molecule has 0 aliphatic heterocycles. The quantitative estimate of drug-likeness (QED) is 0.432. The highest BCUT2D eigenvalue weighted by atomic mass is 16.6. The van der Waals surface area contributed by atoms with Crippen molar-refractivity contribution in [3.63, 3.8) is 0 Å². The van der Waals surface area contributed by atoms with Crippen molar-refractivity contribution in [2.75, 3.05) is 24.7 Å². The van der Waals surface area contributed by atoms with E-state index in [0.29, 0.717) is 0 Å². The van der Waals surface area contributed by atoms with E-state index in [1.165, 1.54) is 12.1 Å². The maximum absolute atomic E-state index is 11.5. The molecule has 2 aromatic carbocycles. The molecule has 0 aliphatic carbocycles. The minimum atomic E-state index is -0.665. The van der Waals surface area contributed by atoms with Crippen LogP contribution >= 0.6 is 0 Å². The van der Waals surface area contributed by atoms with Crippen molar-refractivity contribution in [3.8, 4) is 22.6 Å². The van der Waals surface area contributed by atoms with Gasteiger partial charge in [-0.1, -0.05) is 0 Å². The summed E-state index contributed by atoms with van der Waals surface area (Å²) in [6, 6.07) is 4.85. The van der Waals surface area contributed by atoms with Crippen LogP contribution in [0.4, 0.5) is 22.7 Å². The molecular formula is C16H18N4O6. The molecule has 2 aromatic rings. The first kappa shape index (κ1) is 18.8. The first-order chi connectivity index (χ1) is 12.3. The predicted octanol–water partition coefficient (Wildman–Crippen LogP) is 3.13. The Morgan fingerprint density at radius 3 is 1.42 bits per heavy atom. The van der Waals surface area contributed by atoms with Gasteiger partial charge in [0, 0.05) is 12.1 Å². The zero-order chi connectivity index (χ0) is 19.4. The number of nitro groups is 2. The Morgan fingerprint density at radius 1 is 0.808 bits per heavy atom. The Morgan fingerprint density at radius 2 is 1.15 bits per heavy atom. The maximum atomic E-state index is 11.5. The van der Waals surface area contributed by atoms with E-state index in [9.17, 15) is 20.2 Å². The van der Waals surface area contributed by atoms with Crippen molar-refractivity contribution in [1.29, 1.82) is 0 Å². The molecule has 0 heterocycles. The largest absolute Gasteiger partial charge is 0.492 e. The normalized spacial score (nSPS) is 10.4. The molecule has 138 valence electrons. The summed E-state index contributed by atoms with van der Waals surface area (Å²) in [6.07, 6.45) is 0. The zero-order valence-corrected chi connectivity index (χ0v) is 14.2. The predicted molar refractivity (Wildman–Crippen MR) is 96.3 cm³/mol. The second-order valence-corrected chi connectivity index (χ2v) is 5.19. The number of nitrogens with zero attached hydrogens (tertiary/aromatic N) is 2. The number of anilines is 2. The lowest BCUT2D eigenvalue weighted by Crippen LogP contribution is -2.03. The third kappa shape index (κ3) is 3.58. The molecule has 0 saturated heterocycles. The number of hydrogen-bond acceptors (Lipinski definition) is 8. The molecule has 0 atom stereocenters. The highest BCUT2D eigenvalue weighted by Crippen LogP contribution is 2.44. The minimum absolute atomic E-state index is 0.0136. The second kappa shape index (κ2) is 7.55. The molecule has 0 aliphatic rings. The van der Waals surface area contributed by atoms with E-state index in [1.54, 1.807) is 13.8 Å². The molecule has 0 amide bonds. The van der Waals surface area contributed by atoms with Crippen LogP contribution in [0.1, 0.15) is 13.8 Å². The highest BCUT2D eigenvalue weighted by molar-refractivity contribution is 5.87. The Balaban J connectivity index is 2.83. The van der Waals surface area contributed by atoms with Crippen LogP contribution in [0.5, 0.6) is 11.5 Å². The monoisotopic (exact) mass is 362 g/mol. The lowest BCUT2D eigenvalue weighted by molar-refractivity contribution is -0.386. The summed E-state index contributed by atoms with van der Waals surface area (Å²) in [4.78, 5) is 21.6. The average Bonchev–Trinajstić information content (AvgIpc) is 2.58. The number of ether oxygens (including phenoxy) is 2. The molecule has 26 heavy (non-hydrogen) atoms. The SMILES string of the molecule is CCOc1cc(-c2cc(OCC)c(N)cc2[N+](=O)[O-])c([N+](=O)[O-])cc1N. The van der Waals surface area contributed by atoms with Crippen LogP contribution in [-0.2, 0) is 0 Å². The van der Waals surface area contributed by atoms with Crippen LogP contribution in [0.3, 0.4) is 0 Å². The molecule has 0 unspecified atom stereocenters. The molecule has 10 heteroatoms. The number of nitro benzene ring substituents is 2. The van der Waals surface area contributed by atoms with E-state index in [2.05, 4.69) is 0 Å². The van der Waals surface area contributed by atoms with Crippen molar-refractivity contribution in [3.05, 3.63) is 44.5 Å². The third-order valence-electron chi connectivity index (χ3n) is 3.54. The van der Waals surface area contributed by atoms with Gasteiger partial charge < -0.3 is 20.9 Å². The summed E-state index contributed by atoms with van der Waals surface area (Å²) in [5.74, 6) is 0.384. The van der Waals surface area contributed by atoms with Gasteiger partial charge in [0.05, 0.1) is 45.6 Å². The number of hydrogen-bond donors (Lipinski definition) is 2. The molecular weight excluding hydrogens is 344 g/mol. The summed E-state index contributed by atoms with van der Waals surface area (Å²) in [7, 11) is 0. The molecule has 0 bridgehead atoms. The van der Waals surface area contributed by atoms with Gasteiger partial charge in [0.2, 0.25) is 0 Å². The average molecular weight is 362 g/mol. The van der Waals surface area contributed by atoms with Gasteiger partial charge in [-0.3, -0.25) is 20.2 Å². The first-order valence-electron chi connectivity index (χ1n) is 7.71. The fourth-order valence-electron chi connectivity index (χ4n) is 2.46. The van der Waals surface area contributed by atoms with E-state index in [4.69, 9.17) is 20.9 Å². The highest BCUT2D eigenvalue weighted by Gasteiger charge is 2.27. The summed E-state index contributed by atoms with van der Waals surface area (Å²) in [6.45, 7) is 3.99. The molecule has 0 aromatic heterocycles. The Hall–Kier alpha value is -3.56. The van der Waals surface area contributed by atoms with Crippen molar-refractivity contribution >= 4 is 22.7 Å². The van der Waals surface area contributed by atoms with Crippen LogP contribution in [0.15, 0.2) is 24.3 Å². The number of benzene rings is 2. The van der Waals surface area contributed by atoms with Gasteiger partial charge in [0.25, 0.3) is 11.4 Å². The van der Waals surface area contributed by atoms with Gasteiger partial charge in [-0.2, -0.15) is 0 Å². The van der Waals surface area contributed by atoms with E-state index in [-0.39, 0.29) is 58.6 Å². The summed E-state index contributed by atoms with van der Waals surface area (Å²) < 4.78 is 10.7. The van der Waals surface area contributed by atoms with Gasteiger partial charge in [-0.25, -0.2) is 0 Å². The number of rotatable bonds is 7. The Kier molecular flexibility index (Phi) is 5.45. The summed E-state index contributed by atoms with van der Waals surface area (Å²) in [5, 5.41) is 22.9. The van der Waals surface area contributed by atoms with E-state index < -0.39 is 9.85 Å². The van der Waals surface area contributed by atoms with Crippen molar-refractivity contribution in [1.82, 2.24) is 0 Å². The van der Waals surface area contributed by atoms with Crippen LogP contribution in [0, 0.1) is 20.2 Å². The van der Waals surface area contributed by atoms with Gasteiger partial charge in [0.1, 0.15) is 11.5 Å². The van der Waals surface area contributed by atoms with E-state index >= 15 is 0 Å². The lowest BCUT2D eigenvalue weighted by atomic mass is 9.99.